The third-order valence-corrected chi connectivity index (χ3v) is 8.40. The Labute approximate surface area is 211 Å². The number of hydrogen-bond donors (Lipinski definition) is 0. The molecule has 0 bridgehead atoms. The maximum Gasteiger partial charge on any atom is 0.311 e. The van der Waals surface area contributed by atoms with E-state index < -0.39 is 0 Å². The van der Waals surface area contributed by atoms with Gasteiger partial charge in [-0.1, -0.05) is 62.6 Å². The van der Waals surface area contributed by atoms with Gasteiger partial charge in [-0.15, -0.1) is 4.67 Å². The van der Waals surface area contributed by atoms with Crippen molar-refractivity contribution in [2.24, 2.45) is 17.8 Å². The summed E-state index contributed by atoms with van der Waals surface area (Å²) in [5.41, 5.74) is 11.2. The van der Waals surface area contributed by atoms with Crippen LogP contribution in [0.4, 0.5) is 0 Å². The molecular weight excluding hydrogens is 424 g/mol. The van der Waals surface area contributed by atoms with Gasteiger partial charge in [-0.25, -0.2) is 4.58 Å². The summed E-state index contributed by atoms with van der Waals surface area (Å²) in [5.74, 6) is 1.53. The van der Waals surface area contributed by atoms with E-state index in [0.717, 1.165) is 50.1 Å². The molecule has 0 radical (unpaired) electrons. The lowest BCUT2D eigenvalue weighted by atomic mass is 9.76. The topological polar surface area (TPSA) is 17.1 Å². The van der Waals surface area contributed by atoms with Crippen molar-refractivity contribution in [1.82, 2.24) is 4.67 Å². The Morgan fingerprint density at radius 3 is 2.86 bits per heavy atom. The summed E-state index contributed by atoms with van der Waals surface area (Å²) >= 11 is 0. The van der Waals surface area contributed by atoms with Crippen LogP contribution >= 0.6 is 0 Å². The predicted molar refractivity (Wildman–Crippen MR) is 151 cm³/mol. The molecule has 5 aliphatic rings. The summed E-state index contributed by atoms with van der Waals surface area (Å²) in [5, 5.41) is 0. The van der Waals surface area contributed by atoms with Gasteiger partial charge in [-0.2, -0.15) is 0 Å². The molecule has 3 aliphatic heterocycles. The molecule has 0 fully saturated rings. The SMILES string of the molecule is C=C/C=C(\C(=C)C1=[N+]=CC(C)C1)C1CCC2CC=CC=C2C2=[N+](CCC(C3=C(C)C=CCC3)=C2)C1. The number of allylic oxidation sites excluding steroid dienone is 12. The number of nitrogens with zero attached hydrogens (tertiary/aromatic N) is 2. The third kappa shape index (κ3) is 4.91. The van der Waals surface area contributed by atoms with Crippen LogP contribution in [0.1, 0.15) is 58.8 Å². The maximum atomic E-state index is 4.73. The average Bonchev–Trinajstić information content (AvgIpc) is 3.30. The second-order valence-electron chi connectivity index (χ2n) is 10.9. The van der Waals surface area contributed by atoms with Gasteiger partial charge in [0, 0.05) is 24.0 Å². The van der Waals surface area contributed by atoms with E-state index in [1.54, 1.807) is 16.7 Å². The smallest absolute Gasteiger partial charge is 0.229 e. The highest BCUT2D eigenvalue weighted by Gasteiger charge is 2.37. The molecule has 2 heteroatoms. The summed E-state index contributed by atoms with van der Waals surface area (Å²) in [4.78, 5) is 0. The first-order chi connectivity index (χ1) is 17.0. The van der Waals surface area contributed by atoms with Gasteiger partial charge < -0.3 is 0 Å². The van der Waals surface area contributed by atoms with Gasteiger partial charge in [0.05, 0.1) is 17.9 Å². The second-order valence-corrected chi connectivity index (χ2v) is 10.9. The Hall–Kier alpha value is -2.96. The van der Waals surface area contributed by atoms with Crippen LogP contribution in [0.2, 0.25) is 0 Å². The summed E-state index contributed by atoms with van der Waals surface area (Å²) in [6, 6.07) is 0. The molecule has 2 aliphatic carbocycles. The summed E-state index contributed by atoms with van der Waals surface area (Å²) in [6.45, 7) is 15.2. The number of rotatable bonds is 5. The van der Waals surface area contributed by atoms with E-state index in [4.69, 9.17) is 4.67 Å². The molecular formula is C33H40N2+2. The van der Waals surface area contributed by atoms with Crippen LogP contribution in [0, 0.1) is 17.8 Å². The van der Waals surface area contributed by atoms with E-state index in [2.05, 4.69) is 80.3 Å². The molecule has 0 aromatic heterocycles. The Bertz CT molecular complexity index is 1210. The first-order valence-corrected chi connectivity index (χ1v) is 13.5. The van der Waals surface area contributed by atoms with Gasteiger partial charge in [0.15, 0.2) is 0 Å². The highest BCUT2D eigenvalue weighted by atomic mass is 15.0. The quantitative estimate of drug-likeness (QED) is 0.247. The maximum absolute atomic E-state index is 4.73. The molecule has 0 aromatic carbocycles. The minimum atomic E-state index is 0.440. The van der Waals surface area contributed by atoms with E-state index in [9.17, 15) is 0 Å². The molecule has 5 rings (SSSR count). The van der Waals surface area contributed by atoms with Crippen LogP contribution < -0.4 is 4.67 Å². The average molecular weight is 465 g/mol. The highest BCUT2D eigenvalue weighted by molar-refractivity contribution is 6.08. The van der Waals surface area contributed by atoms with Gasteiger partial charge in [0.25, 0.3) is 6.21 Å². The minimum absolute atomic E-state index is 0.440. The van der Waals surface area contributed by atoms with Crippen LogP contribution in [0.25, 0.3) is 0 Å². The fraction of sp³-hybridized carbons (Fsp3) is 0.424. The van der Waals surface area contributed by atoms with Crippen LogP contribution in [0.5, 0.6) is 0 Å². The predicted octanol–water partition coefficient (Wildman–Crippen LogP) is 6.64. The molecule has 180 valence electrons. The molecule has 0 N–H and O–H groups in total. The Balaban J connectivity index is 1.53. The minimum Gasteiger partial charge on any atom is -0.229 e. The molecule has 0 spiro atoms. The van der Waals surface area contributed by atoms with Gasteiger partial charge in [0.2, 0.25) is 5.71 Å². The summed E-state index contributed by atoms with van der Waals surface area (Å²) in [7, 11) is 0. The van der Waals surface area contributed by atoms with Crippen molar-refractivity contribution in [3.8, 4) is 0 Å². The Morgan fingerprint density at radius 2 is 2.09 bits per heavy atom. The third-order valence-electron chi connectivity index (χ3n) is 8.40. The lowest BCUT2D eigenvalue weighted by molar-refractivity contribution is -0.534. The number of hydrogen-bond acceptors (Lipinski definition) is 0. The second kappa shape index (κ2) is 10.3. The number of fused-ring (bicyclic) bond motifs is 2. The van der Waals surface area contributed by atoms with E-state index in [-0.39, 0.29) is 0 Å². The Morgan fingerprint density at radius 1 is 1.20 bits per heavy atom. The zero-order valence-electron chi connectivity index (χ0n) is 21.6. The molecule has 0 amide bonds. The molecule has 3 atom stereocenters. The first kappa shape index (κ1) is 23.8. The fourth-order valence-corrected chi connectivity index (χ4v) is 6.46. The zero-order valence-corrected chi connectivity index (χ0v) is 21.6. The Kier molecular flexibility index (Phi) is 7.02. The monoisotopic (exact) mass is 464 g/mol. The molecule has 0 saturated heterocycles. The van der Waals surface area contributed by atoms with Crippen LogP contribution in [0.3, 0.4) is 0 Å². The van der Waals surface area contributed by atoms with Crippen LogP contribution in [-0.2, 0) is 0 Å². The standard InChI is InChI=1S/C33H40N2/c1-5-10-30(25(4)32-19-23(2)21-34-32)28-16-15-26-12-7-9-14-31(26)33-20-27(17-18-35(33)22-28)29-13-8-6-11-24(29)3/h5-7,9-11,14,20-21,23,26,28H,1,4,8,12-13,15-19,22H2,2-3H3/q+2/b30-10+. The zero-order chi connectivity index (χ0) is 24.4. The summed E-state index contributed by atoms with van der Waals surface area (Å²) < 4.78 is 7.41. The molecule has 3 unspecified atom stereocenters. The molecule has 3 heterocycles. The molecule has 35 heavy (non-hydrogen) atoms. The first-order valence-electron chi connectivity index (χ1n) is 13.5. The van der Waals surface area contributed by atoms with Crippen molar-refractivity contribution in [1.29, 1.82) is 0 Å². The van der Waals surface area contributed by atoms with Gasteiger partial charge >= 0.3 is 5.71 Å². The van der Waals surface area contributed by atoms with Gasteiger partial charge in [0.1, 0.15) is 13.1 Å². The van der Waals surface area contributed by atoms with E-state index in [1.807, 2.05) is 6.08 Å². The van der Waals surface area contributed by atoms with Crippen molar-refractivity contribution < 1.29 is 4.58 Å². The van der Waals surface area contributed by atoms with Crippen LogP contribution in [-0.4, -0.2) is 35.3 Å². The normalized spacial score (nSPS) is 28.6. The van der Waals surface area contributed by atoms with Crippen molar-refractivity contribution >= 4 is 17.6 Å². The lowest BCUT2D eigenvalue weighted by Gasteiger charge is -2.31. The van der Waals surface area contributed by atoms with E-state index >= 15 is 0 Å². The van der Waals surface area contributed by atoms with E-state index in [0.29, 0.717) is 17.8 Å². The largest absolute Gasteiger partial charge is 0.311 e. The molecule has 0 saturated carbocycles. The van der Waals surface area contributed by atoms with Gasteiger partial charge in [-0.3, -0.25) is 0 Å². The van der Waals surface area contributed by atoms with Crippen molar-refractivity contribution in [2.75, 3.05) is 13.1 Å². The highest BCUT2D eigenvalue weighted by Crippen LogP contribution is 2.37. The van der Waals surface area contributed by atoms with Crippen molar-refractivity contribution in [3.63, 3.8) is 0 Å². The fourth-order valence-electron chi connectivity index (χ4n) is 6.46. The van der Waals surface area contributed by atoms with Crippen LogP contribution in [0.15, 0.2) is 95.2 Å². The molecule has 2 nitrogen and oxygen atoms in total. The summed E-state index contributed by atoms with van der Waals surface area (Å²) in [6.07, 6.45) is 28.4. The van der Waals surface area contributed by atoms with E-state index in [1.165, 1.54) is 36.1 Å². The molecule has 0 aromatic rings. The van der Waals surface area contributed by atoms with Gasteiger partial charge in [-0.05, 0) is 67.2 Å². The van der Waals surface area contributed by atoms with Crippen molar-refractivity contribution in [2.45, 2.75) is 58.8 Å². The lowest BCUT2D eigenvalue weighted by Crippen LogP contribution is -2.36. The van der Waals surface area contributed by atoms with Crippen molar-refractivity contribution in [3.05, 3.63) is 95.2 Å².